The lowest BCUT2D eigenvalue weighted by molar-refractivity contribution is 0.0718. The summed E-state index contributed by atoms with van der Waals surface area (Å²) in [5, 5.41) is 7.91. The minimum atomic E-state index is -0.940. The van der Waals surface area contributed by atoms with Crippen molar-refractivity contribution in [2.75, 3.05) is 26.6 Å². The first kappa shape index (κ1) is 27.1. The van der Waals surface area contributed by atoms with E-state index in [9.17, 15) is 14.0 Å². The lowest BCUT2D eigenvalue weighted by Gasteiger charge is -2.13. The zero-order valence-electron chi connectivity index (χ0n) is 22.5. The van der Waals surface area contributed by atoms with Gasteiger partial charge in [-0.3, -0.25) is 4.79 Å². The van der Waals surface area contributed by atoms with Gasteiger partial charge in [-0.1, -0.05) is 0 Å². The molecule has 5 aromatic rings. The predicted molar refractivity (Wildman–Crippen MR) is 148 cm³/mol. The third-order valence-electron chi connectivity index (χ3n) is 6.17. The maximum absolute atomic E-state index is 14.8. The standard InChI is InChI=1S/C29H24FN5O6/c1-16-11-26(36)35(18-6-8-19(38-2)9-7-18)34-27(16)29(37)41-23-12-17(5-10-21(23)30)33-28-20-13-24(39-3)25(40-4)14-22(20)31-15-32-28/h5-15H,1-4H3,(H,31,32,33). The highest BCUT2D eigenvalue weighted by molar-refractivity contribution is 5.93. The van der Waals surface area contributed by atoms with E-state index in [1.165, 1.54) is 45.9 Å². The van der Waals surface area contributed by atoms with E-state index in [2.05, 4.69) is 20.4 Å². The maximum Gasteiger partial charge on any atom is 0.364 e. The fourth-order valence-electron chi connectivity index (χ4n) is 4.08. The molecule has 0 fully saturated rings. The van der Waals surface area contributed by atoms with Crippen LogP contribution in [0.4, 0.5) is 15.9 Å². The molecule has 11 nitrogen and oxygen atoms in total. The fourth-order valence-corrected chi connectivity index (χ4v) is 4.08. The van der Waals surface area contributed by atoms with Crippen LogP contribution in [0.25, 0.3) is 16.6 Å². The number of anilines is 2. The van der Waals surface area contributed by atoms with Crippen LogP contribution in [0.1, 0.15) is 16.1 Å². The van der Waals surface area contributed by atoms with Crippen molar-refractivity contribution in [1.82, 2.24) is 19.7 Å². The van der Waals surface area contributed by atoms with E-state index >= 15 is 0 Å². The Kier molecular flexibility index (Phi) is 7.46. The number of ether oxygens (including phenoxy) is 4. The molecule has 0 aliphatic carbocycles. The summed E-state index contributed by atoms with van der Waals surface area (Å²) in [6.07, 6.45) is 1.37. The number of aryl methyl sites for hydroxylation is 1. The molecule has 0 spiro atoms. The van der Waals surface area contributed by atoms with Gasteiger partial charge in [0.1, 0.15) is 17.9 Å². The van der Waals surface area contributed by atoms with Crippen LogP contribution in [0.2, 0.25) is 0 Å². The van der Waals surface area contributed by atoms with Crippen LogP contribution in [0.15, 0.2) is 71.8 Å². The van der Waals surface area contributed by atoms with Gasteiger partial charge in [0.15, 0.2) is 28.8 Å². The van der Waals surface area contributed by atoms with Gasteiger partial charge in [-0.25, -0.2) is 19.2 Å². The second kappa shape index (κ2) is 11.3. The molecular weight excluding hydrogens is 533 g/mol. The molecule has 0 bridgehead atoms. The number of nitrogens with one attached hydrogen (secondary N) is 1. The molecule has 0 radical (unpaired) electrons. The summed E-state index contributed by atoms with van der Waals surface area (Å²) in [6.45, 7) is 1.54. The molecule has 5 rings (SSSR count). The van der Waals surface area contributed by atoms with E-state index in [4.69, 9.17) is 18.9 Å². The molecule has 0 aliphatic rings. The quantitative estimate of drug-likeness (QED) is 0.213. The molecule has 41 heavy (non-hydrogen) atoms. The normalized spacial score (nSPS) is 10.8. The van der Waals surface area contributed by atoms with Gasteiger partial charge in [0.2, 0.25) is 0 Å². The number of carbonyl (C=O) groups excluding carboxylic acids is 1. The third-order valence-corrected chi connectivity index (χ3v) is 6.17. The highest BCUT2D eigenvalue weighted by Crippen LogP contribution is 2.35. The first-order valence-corrected chi connectivity index (χ1v) is 12.2. The molecule has 1 N–H and O–H groups in total. The van der Waals surface area contributed by atoms with Gasteiger partial charge in [0.05, 0.1) is 32.5 Å². The van der Waals surface area contributed by atoms with Gasteiger partial charge in [0, 0.05) is 29.3 Å². The van der Waals surface area contributed by atoms with Gasteiger partial charge in [0.25, 0.3) is 5.56 Å². The van der Waals surface area contributed by atoms with Crippen molar-refractivity contribution in [3.8, 4) is 28.7 Å². The molecule has 12 heteroatoms. The zero-order valence-corrected chi connectivity index (χ0v) is 22.5. The Morgan fingerprint density at radius 1 is 0.878 bits per heavy atom. The number of hydrogen-bond donors (Lipinski definition) is 1. The van der Waals surface area contributed by atoms with E-state index in [1.807, 2.05) is 0 Å². The number of nitrogens with zero attached hydrogens (tertiary/aromatic N) is 4. The molecule has 0 unspecified atom stereocenters. The number of benzene rings is 3. The largest absolute Gasteiger partial charge is 0.497 e. The summed E-state index contributed by atoms with van der Waals surface area (Å²) in [6, 6.07) is 15.2. The zero-order chi connectivity index (χ0) is 29.1. The minimum Gasteiger partial charge on any atom is -0.497 e. The second-order valence-electron chi connectivity index (χ2n) is 8.73. The van der Waals surface area contributed by atoms with Crippen molar-refractivity contribution in [3.05, 3.63) is 94.4 Å². The molecule has 0 atom stereocenters. The Morgan fingerprint density at radius 2 is 1.61 bits per heavy atom. The molecule has 3 aromatic carbocycles. The van der Waals surface area contributed by atoms with Crippen molar-refractivity contribution < 1.29 is 28.1 Å². The van der Waals surface area contributed by atoms with Crippen molar-refractivity contribution in [3.63, 3.8) is 0 Å². The number of hydrogen-bond acceptors (Lipinski definition) is 10. The van der Waals surface area contributed by atoms with Crippen LogP contribution in [0, 0.1) is 12.7 Å². The smallest absolute Gasteiger partial charge is 0.364 e. The van der Waals surface area contributed by atoms with E-state index in [0.29, 0.717) is 45.3 Å². The fraction of sp³-hybridized carbons (Fsp3) is 0.138. The molecule has 2 heterocycles. The van der Waals surface area contributed by atoms with Gasteiger partial charge < -0.3 is 24.3 Å². The summed E-state index contributed by atoms with van der Waals surface area (Å²) in [4.78, 5) is 34.3. The molecule has 208 valence electrons. The van der Waals surface area contributed by atoms with Crippen LogP contribution in [0.3, 0.4) is 0 Å². The topological polar surface area (TPSA) is 127 Å². The Hall–Kier alpha value is -5.52. The Morgan fingerprint density at radius 3 is 2.32 bits per heavy atom. The van der Waals surface area contributed by atoms with Crippen LogP contribution in [-0.4, -0.2) is 47.0 Å². The van der Waals surface area contributed by atoms with Crippen LogP contribution in [-0.2, 0) is 0 Å². The Bertz CT molecular complexity index is 1820. The summed E-state index contributed by atoms with van der Waals surface area (Å²) in [7, 11) is 4.56. The summed E-state index contributed by atoms with van der Waals surface area (Å²) >= 11 is 0. The molecule has 0 aliphatic heterocycles. The molecule has 0 amide bonds. The van der Waals surface area contributed by atoms with Gasteiger partial charge in [-0.15, -0.1) is 0 Å². The summed E-state index contributed by atoms with van der Waals surface area (Å²) < 4.78 is 37.1. The van der Waals surface area contributed by atoms with Crippen molar-refractivity contribution >= 4 is 28.4 Å². The van der Waals surface area contributed by atoms with E-state index in [-0.39, 0.29) is 17.0 Å². The lowest BCUT2D eigenvalue weighted by Crippen LogP contribution is -2.26. The molecule has 0 saturated carbocycles. The number of fused-ring (bicyclic) bond motifs is 1. The van der Waals surface area contributed by atoms with Gasteiger partial charge >= 0.3 is 5.97 Å². The van der Waals surface area contributed by atoms with Crippen LogP contribution < -0.4 is 29.8 Å². The first-order chi connectivity index (χ1) is 19.8. The lowest BCUT2D eigenvalue weighted by atomic mass is 10.2. The highest BCUT2D eigenvalue weighted by Gasteiger charge is 2.20. The number of carbonyl (C=O) groups is 1. The number of rotatable bonds is 8. The van der Waals surface area contributed by atoms with Crippen LogP contribution >= 0.6 is 0 Å². The second-order valence-corrected chi connectivity index (χ2v) is 8.73. The van der Waals surface area contributed by atoms with E-state index < -0.39 is 17.3 Å². The van der Waals surface area contributed by atoms with E-state index in [1.54, 1.807) is 43.3 Å². The van der Waals surface area contributed by atoms with Crippen molar-refractivity contribution in [1.29, 1.82) is 0 Å². The van der Waals surface area contributed by atoms with E-state index in [0.717, 1.165) is 10.7 Å². The number of methoxy groups -OCH3 is 3. The Labute approximate surface area is 233 Å². The highest BCUT2D eigenvalue weighted by atomic mass is 19.1. The first-order valence-electron chi connectivity index (χ1n) is 12.2. The predicted octanol–water partition coefficient (Wildman–Crippen LogP) is 4.61. The maximum atomic E-state index is 14.8. The molecule has 2 aromatic heterocycles. The average molecular weight is 558 g/mol. The van der Waals surface area contributed by atoms with Gasteiger partial charge in [-0.2, -0.15) is 9.78 Å². The number of aromatic nitrogens is 4. The average Bonchev–Trinajstić information content (AvgIpc) is 2.98. The van der Waals surface area contributed by atoms with Crippen molar-refractivity contribution in [2.45, 2.75) is 6.92 Å². The monoisotopic (exact) mass is 557 g/mol. The number of halogens is 1. The van der Waals surface area contributed by atoms with Crippen LogP contribution in [0.5, 0.6) is 23.0 Å². The summed E-state index contributed by atoms with van der Waals surface area (Å²) in [5.41, 5.74) is 1.05. The number of esters is 1. The molecular formula is C29H24FN5O6. The third kappa shape index (κ3) is 5.48. The SMILES string of the molecule is COc1ccc(-n2nc(C(=O)Oc3cc(Nc4ncnc5cc(OC)c(OC)cc45)ccc3F)c(C)cc2=O)cc1. The summed E-state index contributed by atoms with van der Waals surface area (Å²) in [5.74, 6) is -0.0846. The molecule has 0 saturated heterocycles. The Balaban J connectivity index is 1.44. The van der Waals surface area contributed by atoms with Crippen molar-refractivity contribution in [2.24, 2.45) is 0 Å². The minimum absolute atomic E-state index is 0.152. The van der Waals surface area contributed by atoms with Gasteiger partial charge in [-0.05, 0) is 55.0 Å².